The maximum atomic E-state index is 15.7. The number of benzene rings is 3. The van der Waals surface area contributed by atoms with E-state index in [1.165, 1.54) is 11.8 Å². The maximum Gasteiger partial charge on any atom is 0.302 e. The smallest absolute Gasteiger partial charge is 0.302 e. The van der Waals surface area contributed by atoms with Crippen molar-refractivity contribution in [1.29, 1.82) is 0 Å². The largest absolute Gasteiger partial charge is 0.461 e. The Morgan fingerprint density at radius 3 is 2.36 bits per heavy atom. The minimum atomic E-state index is -1.01. The molecule has 7 rings (SSSR count). The van der Waals surface area contributed by atoms with Crippen LogP contribution in [0.2, 0.25) is 0 Å². The first-order valence-corrected chi connectivity index (χ1v) is 24.5. The van der Waals surface area contributed by atoms with E-state index in [2.05, 4.69) is 36.7 Å². The number of nitrogens with zero attached hydrogens (tertiary/aromatic N) is 6. The van der Waals surface area contributed by atoms with Crippen molar-refractivity contribution < 1.29 is 37.6 Å². The molecule has 1 saturated heterocycles. The number of ether oxygens (including phenoxy) is 2. The summed E-state index contributed by atoms with van der Waals surface area (Å²) in [6, 6.07) is 16.9. The molecule has 370 valence electrons. The Labute approximate surface area is 412 Å². The molecule has 0 spiro atoms. The maximum absolute atomic E-state index is 15.7. The van der Waals surface area contributed by atoms with E-state index >= 15 is 4.39 Å². The second kappa shape index (κ2) is 22.4. The number of imidazole rings is 1. The van der Waals surface area contributed by atoms with E-state index in [-0.39, 0.29) is 37.3 Å². The molecule has 1 aliphatic heterocycles. The Morgan fingerprint density at radius 2 is 1.71 bits per heavy atom. The molecule has 0 saturated carbocycles. The van der Waals surface area contributed by atoms with Crippen molar-refractivity contribution in [1.82, 2.24) is 35.2 Å². The second-order valence-corrected chi connectivity index (χ2v) is 19.9. The number of esters is 1. The summed E-state index contributed by atoms with van der Waals surface area (Å²) < 4.78 is 34.2. The minimum Gasteiger partial charge on any atom is -0.461 e. The number of hydrogen-bond donors (Lipinski definition) is 2. The third-order valence-corrected chi connectivity index (χ3v) is 13.6. The summed E-state index contributed by atoms with van der Waals surface area (Å²) in [7, 11) is 0. The number of anilines is 2. The molecule has 4 atom stereocenters. The topological polar surface area (TPSA) is 174 Å². The molecule has 0 bridgehead atoms. The van der Waals surface area contributed by atoms with Gasteiger partial charge in [-0.1, -0.05) is 62.3 Å². The first-order chi connectivity index (χ1) is 33.4. The minimum absolute atomic E-state index is 0.00212. The fourth-order valence-electron chi connectivity index (χ4n) is 8.95. The highest BCUT2D eigenvalue weighted by molar-refractivity contribution is 7.13. The highest BCUT2D eigenvalue weighted by atomic mass is 32.1. The Hall–Kier alpha value is -6.72. The van der Waals surface area contributed by atoms with Gasteiger partial charge in [-0.25, -0.2) is 14.4 Å². The lowest BCUT2D eigenvalue weighted by Crippen LogP contribution is -2.58. The molecular weight excluding hydrogens is 912 g/mol. The van der Waals surface area contributed by atoms with Crippen LogP contribution in [0.5, 0.6) is 0 Å². The summed E-state index contributed by atoms with van der Waals surface area (Å²) in [4.78, 5) is 66.9. The normalized spacial score (nSPS) is 15.7. The molecule has 3 amide bonds. The standard InChI is InChI=1S/C53H63FN8O7S/c1-32-13-14-40(48-34(3)59-69-36(48)5)25-45(32)61(41-19-20-44(43(54)26-41)60-23-21-55-30-60)22-11-10-12-24-67-29-47(64)58-50(53(7,8)9)52(66)62-28-42(68-37(6)63)27-46(62)51(65)57-33(2)38-15-17-39(18-16-38)49-35(4)56-31-70-49/h13-21,23,25-26,30-31,33,42,46,50H,10-12,22,24,27-29H2,1-9H3,(H,57,65)(H,58,64)/t33-,42+,46-,50+/m0/s1. The molecule has 0 radical (unpaired) electrons. The van der Waals surface area contributed by atoms with Crippen molar-refractivity contribution in [3.05, 3.63) is 119 Å². The van der Waals surface area contributed by atoms with Crippen molar-refractivity contribution in [2.75, 3.05) is 31.2 Å². The molecule has 1 fully saturated rings. The molecule has 0 aliphatic carbocycles. The van der Waals surface area contributed by atoms with Gasteiger partial charge in [0.1, 0.15) is 36.4 Å². The Balaban J connectivity index is 0.954. The molecule has 70 heavy (non-hydrogen) atoms. The number of nitrogens with one attached hydrogen (secondary N) is 2. The van der Waals surface area contributed by atoms with E-state index in [4.69, 9.17) is 14.0 Å². The molecular formula is C53H63FN8O7S. The van der Waals surface area contributed by atoms with E-state index in [0.29, 0.717) is 36.7 Å². The molecule has 3 aromatic carbocycles. The quantitative estimate of drug-likeness (QED) is 0.0585. The van der Waals surface area contributed by atoms with Crippen molar-refractivity contribution >= 4 is 46.4 Å². The van der Waals surface area contributed by atoms with Gasteiger partial charge in [-0.3, -0.25) is 19.2 Å². The molecule has 1 aliphatic rings. The number of thiazole rings is 1. The lowest BCUT2D eigenvalue weighted by Gasteiger charge is -2.35. The summed E-state index contributed by atoms with van der Waals surface area (Å²) in [6.45, 7) is 17.1. The third kappa shape index (κ3) is 12.2. The van der Waals surface area contributed by atoms with Gasteiger partial charge in [0, 0.05) is 55.8 Å². The second-order valence-electron chi connectivity index (χ2n) is 19.0. The third-order valence-electron chi connectivity index (χ3n) is 12.6. The highest BCUT2D eigenvalue weighted by Gasteiger charge is 2.46. The van der Waals surface area contributed by atoms with Crippen LogP contribution in [0.1, 0.15) is 94.6 Å². The number of carbonyl (C=O) groups is 4. The van der Waals surface area contributed by atoms with Crippen LogP contribution in [0.15, 0.2) is 89.4 Å². The number of aromatic nitrogens is 4. The van der Waals surface area contributed by atoms with Crippen molar-refractivity contribution in [3.8, 4) is 27.3 Å². The van der Waals surface area contributed by atoms with Gasteiger partial charge in [0.15, 0.2) is 0 Å². The Kier molecular flexibility index (Phi) is 16.3. The molecule has 6 aromatic rings. The van der Waals surface area contributed by atoms with Gasteiger partial charge >= 0.3 is 5.97 Å². The van der Waals surface area contributed by atoms with E-state index in [1.807, 2.05) is 103 Å². The fraction of sp³-hybridized carbons (Fsp3) is 0.415. The fourth-order valence-corrected chi connectivity index (χ4v) is 9.76. The lowest BCUT2D eigenvalue weighted by atomic mass is 9.85. The summed E-state index contributed by atoms with van der Waals surface area (Å²) in [5.74, 6) is -1.51. The average Bonchev–Trinajstić information content (AvgIpc) is 4.15. The number of carbonyl (C=O) groups excluding carboxylic acids is 4. The Bertz CT molecular complexity index is 2760. The molecule has 3 aromatic heterocycles. The SMILES string of the molecule is CC(=O)O[C@@H]1C[C@@H](C(=O)N[C@@H](C)c2ccc(-c3scnc3C)cc2)N(C(=O)[C@@H](NC(=O)COCCCCCN(c2ccc(-n3ccnc3)c(F)c2)c2cc(-c3c(C)noc3C)ccc2C)C(C)(C)C)C1. The van der Waals surface area contributed by atoms with E-state index in [0.717, 1.165) is 62.6 Å². The molecule has 17 heteroatoms. The van der Waals surface area contributed by atoms with Crippen LogP contribution in [0.4, 0.5) is 15.8 Å². The van der Waals surface area contributed by atoms with E-state index in [1.54, 1.807) is 46.8 Å². The summed E-state index contributed by atoms with van der Waals surface area (Å²) >= 11 is 1.56. The molecule has 2 N–H and O–H groups in total. The first-order valence-electron chi connectivity index (χ1n) is 23.6. The van der Waals surface area contributed by atoms with Gasteiger partial charge in [0.2, 0.25) is 17.7 Å². The summed E-state index contributed by atoms with van der Waals surface area (Å²) in [6.07, 6.45) is 6.41. The number of hydrogen-bond acceptors (Lipinski definition) is 12. The predicted octanol–water partition coefficient (Wildman–Crippen LogP) is 9.29. The highest BCUT2D eigenvalue weighted by Crippen LogP contribution is 2.37. The van der Waals surface area contributed by atoms with Crippen molar-refractivity contribution in [2.45, 2.75) is 112 Å². The molecule has 0 unspecified atom stereocenters. The van der Waals surface area contributed by atoms with Crippen LogP contribution in [0.3, 0.4) is 0 Å². The van der Waals surface area contributed by atoms with Crippen LogP contribution >= 0.6 is 11.3 Å². The van der Waals surface area contributed by atoms with E-state index < -0.39 is 41.4 Å². The number of unbranched alkanes of at least 4 members (excludes halogenated alkanes) is 2. The van der Waals surface area contributed by atoms with Gasteiger partial charge in [-0.05, 0) is 106 Å². The lowest BCUT2D eigenvalue weighted by molar-refractivity contribution is -0.147. The number of likely N-dealkylation sites (tertiary alicyclic amines) is 1. The summed E-state index contributed by atoms with van der Waals surface area (Å²) in [5.41, 5.74) is 9.59. The van der Waals surface area contributed by atoms with E-state index in [9.17, 15) is 19.2 Å². The van der Waals surface area contributed by atoms with Crippen LogP contribution in [0.25, 0.3) is 27.3 Å². The van der Waals surface area contributed by atoms with Crippen LogP contribution in [-0.2, 0) is 28.7 Å². The van der Waals surface area contributed by atoms with Gasteiger partial charge in [-0.15, -0.1) is 11.3 Å². The number of halogens is 1. The van der Waals surface area contributed by atoms with Crippen LogP contribution in [0, 0.1) is 38.9 Å². The Morgan fingerprint density at radius 1 is 0.957 bits per heavy atom. The monoisotopic (exact) mass is 974 g/mol. The van der Waals surface area contributed by atoms with Gasteiger partial charge in [0.25, 0.3) is 0 Å². The van der Waals surface area contributed by atoms with Crippen molar-refractivity contribution in [2.24, 2.45) is 5.41 Å². The zero-order valence-electron chi connectivity index (χ0n) is 41.4. The van der Waals surface area contributed by atoms with Gasteiger partial charge < -0.3 is 39.0 Å². The van der Waals surface area contributed by atoms with Crippen molar-refractivity contribution in [3.63, 3.8) is 0 Å². The van der Waals surface area contributed by atoms with Crippen LogP contribution in [-0.4, -0.2) is 92.8 Å². The average molecular weight is 975 g/mol. The number of amides is 3. The predicted molar refractivity (Wildman–Crippen MR) is 267 cm³/mol. The molecule has 15 nitrogen and oxygen atoms in total. The summed E-state index contributed by atoms with van der Waals surface area (Å²) in [5, 5.41) is 10.1. The number of rotatable bonds is 19. The zero-order valence-corrected chi connectivity index (χ0v) is 42.2. The molecule has 4 heterocycles. The van der Waals surface area contributed by atoms with Crippen LogP contribution < -0.4 is 15.5 Å². The van der Waals surface area contributed by atoms with Gasteiger partial charge in [0.05, 0.1) is 46.4 Å². The zero-order chi connectivity index (χ0) is 50.3. The number of aryl methyl sites for hydroxylation is 4. The first kappa shape index (κ1) is 51.1. The van der Waals surface area contributed by atoms with Gasteiger partial charge in [-0.2, -0.15) is 0 Å².